The second kappa shape index (κ2) is 6.72. The first kappa shape index (κ1) is 11.4. The first-order chi connectivity index (χ1) is 6.33. The lowest BCUT2D eigenvalue weighted by Crippen LogP contribution is -2.33. The maximum absolute atomic E-state index is 3.66. The molecule has 0 aliphatic heterocycles. The predicted molar refractivity (Wildman–Crippen MR) is 62.4 cm³/mol. The Bertz CT molecular complexity index is 119. The highest BCUT2D eigenvalue weighted by atomic mass is 32.2. The van der Waals surface area contributed by atoms with Crippen molar-refractivity contribution in [3.05, 3.63) is 0 Å². The van der Waals surface area contributed by atoms with Gasteiger partial charge in [-0.05, 0) is 56.6 Å². The fraction of sp³-hybridized carbons (Fsp3) is 1.00. The van der Waals surface area contributed by atoms with Crippen LogP contribution >= 0.6 is 11.8 Å². The normalized spacial score (nSPS) is 29.1. The zero-order chi connectivity index (χ0) is 9.52. The molecule has 2 heteroatoms. The molecule has 0 aromatic carbocycles. The number of thioether (sulfide) groups is 1. The van der Waals surface area contributed by atoms with E-state index in [1.54, 1.807) is 0 Å². The van der Waals surface area contributed by atoms with E-state index in [9.17, 15) is 0 Å². The molecule has 1 fully saturated rings. The van der Waals surface area contributed by atoms with E-state index < -0.39 is 0 Å². The lowest BCUT2D eigenvalue weighted by molar-refractivity contribution is 0.308. The topological polar surface area (TPSA) is 12.0 Å². The van der Waals surface area contributed by atoms with Crippen LogP contribution in [0.4, 0.5) is 0 Å². The summed E-state index contributed by atoms with van der Waals surface area (Å²) in [6.07, 6.45) is 9.18. The lowest BCUT2D eigenvalue weighted by Gasteiger charge is -2.26. The van der Waals surface area contributed by atoms with E-state index in [1.165, 1.54) is 44.4 Å². The largest absolute Gasteiger partial charge is 0.314 e. The van der Waals surface area contributed by atoms with Gasteiger partial charge in [0.1, 0.15) is 0 Å². The molecule has 1 aliphatic carbocycles. The smallest absolute Gasteiger partial charge is 0.00672 e. The van der Waals surface area contributed by atoms with Crippen molar-refractivity contribution in [1.82, 2.24) is 5.32 Å². The van der Waals surface area contributed by atoms with Gasteiger partial charge >= 0.3 is 0 Å². The molecule has 0 radical (unpaired) electrons. The van der Waals surface area contributed by atoms with Crippen LogP contribution in [-0.4, -0.2) is 24.6 Å². The Morgan fingerprint density at radius 1 is 1.23 bits per heavy atom. The summed E-state index contributed by atoms with van der Waals surface area (Å²) in [5.41, 5.74) is 0. The average molecular weight is 201 g/mol. The summed E-state index contributed by atoms with van der Waals surface area (Å²) < 4.78 is 0. The minimum atomic E-state index is 0.832. The molecule has 1 nitrogen and oxygen atoms in total. The third-order valence-electron chi connectivity index (χ3n) is 2.97. The van der Waals surface area contributed by atoms with Crippen molar-refractivity contribution in [3.63, 3.8) is 0 Å². The van der Waals surface area contributed by atoms with Crippen LogP contribution in [0.5, 0.6) is 0 Å². The minimum absolute atomic E-state index is 0.832. The van der Waals surface area contributed by atoms with Gasteiger partial charge in [0.25, 0.3) is 0 Å². The molecule has 0 atom stereocenters. The van der Waals surface area contributed by atoms with Crippen molar-refractivity contribution in [2.24, 2.45) is 5.92 Å². The number of nitrogens with one attached hydrogen (secondary N) is 1. The summed E-state index contributed by atoms with van der Waals surface area (Å²) >= 11 is 1.95. The SMILES string of the molecule is CSCCCNC1CCC(C)CC1. The Labute approximate surface area is 87.1 Å². The second-order valence-electron chi connectivity index (χ2n) is 4.26. The molecule has 1 rings (SSSR count). The van der Waals surface area contributed by atoms with Crippen LogP contribution in [0.2, 0.25) is 0 Å². The molecular formula is C11H23NS. The van der Waals surface area contributed by atoms with E-state index in [0.29, 0.717) is 0 Å². The Morgan fingerprint density at radius 3 is 2.54 bits per heavy atom. The van der Waals surface area contributed by atoms with Gasteiger partial charge in [-0.3, -0.25) is 0 Å². The Kier molecular flexibility index (Phi) is 5.88. The van der Waals surface area contributed by atoms with Gasteiger partial charge in [-0.25, -0.2) is 0 Å². The van der Waals surface area contributed by atoms with Crippen molar-refractivity contribution >= 4 is 11.8 Å². The standard InChI is InChI=1S/C11H23NS/c1-10-4-6-11(7-5-10)12-8-3-9-13-2/h10-12H,3-9H2,1-2H3. The van der Waals surface area contributed by atoms with Crippen molar-refractivity contribution in [1.29, 1.82) is 0 Å². The van der Waals surface area contributed by atoms with E-state index in [4.69, 9.17) is 0 Å². The molecule has 1 N–H and O–H groups in total. The molecule has 1 aliphatic rings. The second-order valence-corrected chi connectivity index (χ2v) is 5.24. The zero-order valence-corrected chi connectivity index (χ0v) is 9.83. The quantitative estimate of drug-likeness (QED) is 0.686. The Hall–Kier alpha value is 0.310. The van der Waals surface area contributed by atoms with Crippen LogP contribution < -0.4 is 5.32 Å². The maximum Gasteiger partial charge on any atom is 0.00672 e. The van der Waals surface area contributed by atoms with E-state index in [-0.39, 0.29) is 0 Å². The molecule has 13 heavy (non-hydrogen) atoms. The fourth-order valence-corrected chi connectivity index (χ4v) is 2.42. The molecule has 78 valence electrons. The molecule has 0 spiro atoms. The third-order valence-corrected chi connectivity index (χ3v) is 3.67. The molecule has 1 saturated carbocycles. The highest BCUT2D eigenvalue weighted by Crippen LogP contribution is 2.23. The first-order valence-corrected chi connectivity index (χ1v) is 6.94. The van der Waals surface area contributed by atoms with Crippen LogP contribution in [0.1, 0.15) is 39.0 Å². The Balaban J connectivity index is 1.96. The molecule has 0 aromatic rings. The van der Waals surface area contributed by atoms with E-state index in [0.717, 1.165) is 12.0 Å². The van der Waals surface area contributed by atoms with Gasteiger partial charge in [0, 0.05) is 6.04 Å². The first-order valence-electron chi connectivity index (χ1n) is 5.55. The highest BCUT2D eigenvalue weighted by molar-refractivity contribution is 7.98. The van der Waals surface area contributed by atoms with Crippen LogP contribution in [0.25, 0.3) is 0 Å². The van der Waals surface area contributed by atoms with Crippen molar-refractivity contribution in [2.75, 3.05) is 18.6 Å². The van der Waals surface area contributed by atoms with Crippen LogP contribution in [0.15, 0.2) is 0 Å². The lowest BCUT2D eigenvalue weighted by atomic mass is 9.87. The summed E-state index contributed by atoms with van der Waals surface area (Å²) in [6.45, 7) is 3.60. The molecule has 0 heterocycles. The van der Waals surface area contributed by atoms with E-state index in [1.807, 2.05) is 11.8 Å². The number of hydrogen-bond acceptors (Lipinski definition) is 2. The highest BCUT2D eigenvalue weighted by Gasteiger charge is 2.16. The van der Waals surface area contributed by atoms with Crippen molar-refractivity contribution in [2.45, 2.75) is 45.1 Å². The summed E-state index contributed by atoms with van der Waals surface area (Å²) in [4.78, 5) is 0. The number of rotatable bonds is 5. The van der Waals surface area contributed by atoms with Crippen molar-refractivity contribution in [3.8, 4) is 0 Å². The Morgan fingerprint density at radius 2 is 1.92 bits per heavy atom. The monoisotopic (exact) mass is 201 g/mol. The summed E-state index contributed by atoms with van der Waals surface area (Å²) in [5, 5.41) is 3.66. The van der Waals surface area contributed by atoms with Gasteiger partial charge in [-0.1, -0.05) is 6.92 Å². The molecule has 0 amide bonds. The van der Waals surface area contributed by atoms with Gasteiger partial charge in [-0.15, -0.1) is 0 Å². The van der Waals surface area contributed by atoms with Crippen LogP contribution in [-0.2, 0) is 0 Å². The van der Waals surface area contributed by atoms with Gasteiger partial charge < -0.3 is 5.32 Å². The number of hydrogen-bond donors (Lipinski definition) is 1. The predicted octanol–water partition coefficient (Wildman–Crippen LogP) is 2.91. The summed E-state index contributed by atoms with van der Waals surface area (Å²) in [5.74, 6) is 2.28. The van der Waals surface area contributed by atoms with Gasteiger partial charge in [-0.2, -0.15) is 11.8 Å². The summed E-state index contributed by atoms with van der Waals surface area (Å²) in [6, 6.07) is 0.832. The molecule has 0 aromatic heterocycles. The van der Waals surface area contributed by atoms with E-state index >= 15 is 0 Å². The minimum Gasteiger partial charge on any atom is -0.314 e. The fourth-order valence-electron chi connectivity index (χ4n) is 1.99. The molecule has 0 unspecified atom stereocenters. The van der Waals surface area contributed by atoms with Gasteiger partial charge in [0.2, 0.25) is 0 Å². The van der Waals surface area contributed by atoms with Crippen LogP contribution in [0.3, 0.4) is 0 Å². The van der Waals surface area contributed by atoms with Gasteiger partial charge in [0.15, 0.2) is 0 Å². The molecule has 0 saturated heterocycles. The average Bonchev–Trinajstić information content (AvgIpc) is 2.15. The maximum atomic E-state index is 3.66. The van der Waals surface area contributed by atoms with Crippen molar-refractivity contribution < 1.29 is 0 Å². The molecular weight excluding hydrogens is 178 g/mol. The molecule has 0 bridgehead atoms. The zero-order valence-electron chi connectivity index (χ0n) is 9.01. The third kappa shape index (κ3) is 4.92. The van der Waals surface area contributed by atoms with E-state index in [2.05, 4.69) is 18.5 Å². The summed E-state index contributed by atoms with van der Waals surface area (Å²) in [7, 11) is 0. The van der Waals surface area contributed by atoms with Crippen LogP contribution in [0, 0.1) is 5.92 Å². The van der Waals surface area contributed by atoms with Gasteiger partial charge in [0.05, 0.1) is 0 Å².